The SMILES string of the molecule is COC(=O)[C@H](NC(=O)c1ccc(-c2ccccc2C(=O)Nc2ccc(C(=N)N)cc2)c(C(=O)O)c1)C(C)C. The van der Waals surface area contributed by atoms with Gasteiger partial charge in [0.05, 0.1) is 12.7 Å². The average Bonchev–Trinajstić information content (AvgIpc) is 2.90. The molecule has 38 heavy (non-hydrogen) atoms. The summed E-state index contributed by atoms with van der Waals surface area (Å²) in [5.74, 6) is -3.38. The second kappa shape index (κ2) is 11.8. The second-order valence-corrected chi connectivity index (χ2v) is 8.77. The molecule has 0 aliphatic carbocycles. The molecule has 3 aromatic carbocycles. The van der Waals surface area contributed by atoms with Crippen molar-refractivity contribution in [2.24, 2.45) is 11.7 Å². The average molecular weight is 517 g/mol. The number of amidine groups is 1. The Morgan fingerprint density at radius 1 is 0.868 bits per heavy atom. The van der Waals surface area contributed by atoms with E-state index in [2.05, 4.69) is 10.6 Å². The summed E-state index contributed by atoms with van der Waals surface area (Å²) in [4.78, 5) is 50.2. The molecule has 0 saturated carbocycles. The highest BCUT2D eigenvalue weighted by molar-refractivity contribution is 6.11. The minimum Gasteiger partial charge on any atom is -0.478 e. The van der Waals surface area contributed by atoms with Gasteiger partial charge in [0.25, 0.3) is 11.8 Å². The Labute approximate surface area is 219 Å². The molecule has 6 N–H and O–H groups in total. The number of carbonyl (C=O) groups is 4. The number of esters is 1. The van der Waals surface area contributed by atoms with Gasteiger partial charge in [-0.05, 0) is 59.5 Å². The third kappa shape index (κ3) is 6.22. The van der Waals surface area contributed by atoms with Gasteiger partial charge in [0, 0.05) is 22.4 Å². The van der Waals surface area contributed by atoms with Crippen LogP contribution in [-0.2, 0) is 9.53 Å². The molecule has 0 spiro atoms. The molecule has 0 saturated heterocycles. The fourth-order valence-corrected chi connectivity index (χ4v) is 3.79. The van der Waals surface area contributed by atoms with Crippen molar-refractivity contribution in [1.29, 1.82) is 5.41 Å². The molecular formula is C28H28N4O6. The first kappa shape index (κ1) is 27.6. The van der Waals surface area contributed by atoms with Gasteiger partial charge in [-0.1, -0.05) is 38.1 Å². The standard InChI is InChI=1S/C28H28N4O6/c1-15(2)23(28(37)38-3)32-25(33)17-10-13-20(22(14-17)27(35)36)19-6-4-5-7-21(19)26(34)31-18-11-8-16(9-12-18)24(29)30/h4-15,23H,1-3H3,(H3,29,30)(H,31,34)(H,32,33)(H,35,36)/t23-/m1/s1. The summed E-state index contributed by atoms with van der Waals surface area (Å²) in [7, 11) is 1.22. The highest BCUT2D eigenvalue weighted by Gasteiger charge is 2.26. The van der Waals surface area contributed by atoms with Gasteiger partial charge in [0.2, 0.25) is 0 Å². The number of nitrogen functional groups attached to an aromatic ring is 1. The fourth-order valence-electron chi connectivity index (χ4n) is 3.79. The van der Waals surface area contributed by atoms with Crippen LogP contribution in [0.3, 0.4) is 0 Å². The predicted molar refractivity (Wildman–Crippen MR) is 142 cm³/mol. The number of rotatable bonds is 9. The molecule has 0 unspecified atom stereocenters. The zero-order chi connectivity index (χ0) is 28.0. The Hall–Kier alpha value is -4.99. The van der Waals surface area contributed by atoms with E-state index in [1.54, 1.807) is 62.4 Å². The lowest BCUT2D eigenvalue weighted by atomic mass is 9.93. The van der Waals surface area contributed by atoms with Crippen LogP contribution in [0.2, 0.25) is 0 Å². The van der Waals surface area contributed by atoms with Crippen LogP contribution in [-0.4, -0.2) is 47.8 Å². The quantitative estimate of drug-likeness (QED) is 0.164. The first-order chi connectivity index (χ1) is 18.0. The summed E-state index contributed by atoms with van der Waals surface area (Å²) in [5.41, 5.74) is 7.08. The van der Waals surface area contributed by atoms with Crippen molar-refractivity contribution in [2.45, 2.75) is 19.9 Å². The Kier molecular flexibility index (Phi) is 8.59. The molecule has 0 bridgehead atoms. The van der Waals surface area contributed by atoms with Crippen LogP contribution in [0.5, 0.6) is 0 Å². The Morgan fingerprint density at radius 3 is 2.05 bits per heavy atom. The van der Waals surface area contributed by atoms with Gasteiger partial charge in [0.15, 0.2) is 0 Å². The van der Waals surface area contributed by atoms with Crippen molar-refractivity contribution in [3.05, 3.63) is 89.0 Å². The summed E-state index contributed by atoms with van der Waals surface area (Å²) in [6, 6.07) is 16.1. The Balaban J connectivity index is 1.95. The zero-order valence-corrected chi connectivity index (χ0v) is 21.1. The van der Waals surface area contributed by atoms with Gasteiger partial charge >= 0.3 is 11.9 Å². The maximum Gasteiger partial charge on any atom is 0.336 e. The number of amides is 2. The maximum atomic E-state index is 13.1. The largest absolute Gasteiger partial charge is 0.478 e. The van der Waals surface area contributed by atoms with Gasteiger partial charge in [-0.25, -0.2) is 9.59 Å². The second-order valence-electron chi connectivity index (χ2n) is 8.77. The van der Waals surface area contributed by atoms with Gasteiger partial charge in [-0.3, -0.25) is 15.0 Å². The maximum absolute atomic E-state index is 13.1. The van der Waals surface area contributed by atoms with Gasteiger partial charge in [-0.15, -0.1) is 0 Å². The first-order valence-electron chi connectivity index (χ1n) is 11.6. The van der Waals surface area contributed by atoms with Crippen LogP contribution in [0, 0.1) is 11.3 Å². The molecule has 2 amide bonds. The lowest BCUT2D eigenvalue weighted by Gasteiger charge is -2.20. The number of carbonyl (C=O) groups excluding carboxylic acids is 3. The van der Waals surface area contributed by atoms with Crippen molar-refractivity contribution in [1.82, 2.24) is 5.32 Å². The van der Waals surface area contributed by atoms with E-state index in [4.69, 9.17) is 15.9 Å². The van der Waals surface area contributed by atoms with Crippen LogP contribution in [0.25, 0.3) is 11.1 Å². The summed E-state index contributed by atoms with van der Waals surface area (Å²) < 4.78 is 4.74. The number of anilines is 1. The summed E-state index contributed by atoms with van der Waals surface area (Å²) in [5, 5.41) is 22.7. The van der Waals surface area contributed by atoms with E-state index in [1.807, 2.05) is 0 Å². The van der Waals surface area contributed by atoms with Crippen LogP contribution >= 0.6 is 0 Å². The van der Waals surface area contributed by atoms with E-state index in [1.165, 1.54) is 25.3 Å². The van der Waals surface area contributed by atoms with Crippen molar-refractivity contribution in [2.75, 3.05) is 12.4 Å². The third-order valence-corrected chi connectivity index (χ3v) is 5.84. The van der Waals surface area contributed by atoms with E-state index in [9.17, 15) is 24.3 Å². The van der Waals surface area contributed by atoms with Crippen LogP contribution in [0.1, 0.15) is 50.5 Å². The lowest BCUT2D eigenvalue weighted by Crippen LogP contribution is -2.45. The zero-order valence-electron chi connectivity index (χ0n) is 21.1. The number of ether oxygens (including phenoxy) is 1. The predicted octanol–water partition coefficient (Wildman–Crippen LogP) is 3.52. The van der Waals surface area contributed by atoms with Crippen molar-refractivity contribution < 1.29 is 29.0 Å². The number of aromatic carboxylic acids is 1. The minimum absolute atomic E-state index is 0.0354. The van der Waals surface area contributed by atoms with Crippen LogP contribution < -0.4 is 16.4 Å². The van der Waals surface area contributed by atoms with Gasteiger partial charge < -0.3 is 26.2 Å². The Bertz CT molecular complexity index is 1400. The lowest BCUT2D eigenvalue weighted by molar-refractivity contribution is -0.144. The number of carboxylic acid groups (broad SMARTS) is 1. The van der Waals surface area contributed by atoms with Gasteiger partial charge in [-0.2, -0.15) is 0 Å². The molecule has 0 radical (unpaired) electrons. The van der Waals surface area contributed by atoms with E-state index >= 15 is 0 Å². The molecular weight excluding hydrogens is 488 g/mol. The Morgan fingerprint density at radius 2 is 1.47 bits per heavy atom. The molecule has 0 aliphatic heterocycles. The van der Waals surface area contributed by atoms with E-state index in [-0.39, 0.29) is 34.0 Å². The number of benzene rings is 3. The number of nitrogens with one attached hydrogen (secondary N) is 3. The summed E-state index contributed by atoms with van der Waals surface area (Å²) in [6.45, 7) is 3.49. The highest BCUT2D eigenvalue weighted by Crippen LogP contribution is 2.29. The molecule has 1 atom stereocenters. The number of carboxylic acids is 1. The number of methoxy groups -OCH3 is 1. The van der Waals surface area contributed by atoms with Crippen LogP contribution in [0.15, 0.2) is 66.7 Å². The van der Waals surface area contributed by atoms with Crippen molar-refractivity contribution in [3.63, 3.8) is 0 Å². The molecule has 3 aromatic rings. The first-order valence-corrected chi connectivity index (χ1v) is 11.6. The van der Waals surface area contributed by atoms with E-state index < -0.39 is 29.8 Å². The van der Waals surface area contributed by atoms with Crippen molar-refractivity contribution in [3.8, 4) is 11.1 Å². The third-order valence-electron chi connectivity index (χ3n) is 5.84. The summed E-state index contributed by atoms with van der Waals surface area (Å²) >= 11 is 0. The molecule has 0 aromatic heterocycles. The molecule has 0 heterocycles. The van der Waals surface area contributed by atoms with E-state index in [0.29, 0.717) is 16.8 Å². The fraction of sp³-hybridized carbons (Fsp3) is 0.179. The van der Waals surface area contributed by atoms with E-state index in [0.717, 1.165) is 0 Å². The van der Waals surface area contributed by atoms with Crippen molar-refractivity contribution >= 4 is 35.3 Å². The highest BCUT2D eigenvalue weighted by atomic mass is 16.5. The minimum atomic E-state index is -1.29. The molecule has 196 valence electrons. The topological polar surface area (TPSA) is 172 Å². The summed E-state index contributed by atoms with van der Waals surface area (Å²) in [6.07, 6.45) is 0. The molecule has 10 heteroatoms. The molecule has 3 rings (SSSR count). The molecule has 0 fully saturated rings. The number of hydrogen-bond donors (Lipinski definition) is 5. The molecule has 0 aliphatic rings. The molecule has 10 nitrogen and oxygen atoms in total. The number of hydrogen-bond acceptors (Lipinski definition) is 6. The smallest absolute Gasteiger partial charge is 0.336 e. The van der Waals surface area contributed by atoms with Gasteiger partial charge in [0.1, 0.15) is 11.9 Å². The van der Waals surface area contributed by atoms with Crippen LogP contribution in [0.4, 0.5) is 5.69 Å². The number of nitrogens with two attached hydrogens (primary N) is 1. The normalized spacial score (nSPS) is 11.4. The monoisotopic (exact) mass is 516 g/mol.